The van der Waals surface area contributed by atoms with Gasteiger partial charge in [-0.1, -0.05) is 25.4 Å². The van der Waals surface area contributed by atoms with E-state index in [9.17, 15) is 13.2 Å². The van der Waals surface area contributed by atoms with Crippen molar-refractivity contribution >= 4 is 27.5 Å². The average Bonchev–Trinajstić information content (AvgIpc) is 2.50. The van der Waals surface area contributed by atoms with Crippen LogP contribution in [0.2, 0.25) is 5.02 Å². The lowest BCUT2D eigenvalue weighted by Gasteiger charge is -2.28. The van der Waals surface area contributed by atoms with Crippen LogP contribution in [-0.4, -0.2) is 63.8 Å². The van der Waals surface area contributed by atoms with E-state index in [0.29, 0.717) is 6.54 Å². The van der Waals surface area contributed by atoms with E-state index in [0.717, 1.165) is 6.54 Å². The Morgan fingerprint density at radius 1 is 1.23 bits per heavy atom. The Balaban J connectivity index is 3.06. The zero-order chi connectivity index (χ0) is 20.3. The predicted molar refractivity (Wildman–Crippen MR) is 106 cm³/mol. The molecule has 1 rings (SSSR count). The van der Waals surface area contributed by atoms with Crippen LogP contribution in [0.1, 0.15) is 38.1 Å². The van der Waals surface area contributed by atoms with Crippen LogP contribution in [0.15, 0.2) is 23.1 Å². The van der Waals surface area contributed by atoms with Crippen molar-refractivity contribution in [2.45, 2.75) is 38.6 Å². The van der Waals surface area contributed by atoms with Crippen molar-refractivity contribution in [3.05, 3.63) is 28.8 Å². The van der Waals surface area contributed by atoms with Crippen molar-refractivity contribution in [3.8, 4) is 0 Å². The summed E-state index contributed by atoms with van der Waals surface area (Å²) >= 11 is 6.14. The van der Waals surface area contributed by atoms with Gasteiger partial charge in [0.05, 0.1) is 15.5 Å². The lowest BCUT2D eigenvalue weighted by atomic mass is 9.93. The van der Waals surface area contributed by atoms with Gasteiger partial charge in [-0.2, -0.15) is 4.31 Å². The zero-order valence-corrected chi connectivity index (χ0v) is 18.2. The van der Waals surface area contributed by atoms with E-state index in [4.69, 9.17) is 11.6 Å². The number of amides is 1. The lowest BCUT2D eigenvalue weighted by molar-refractivity contribution is 0.0929. The van der Waals surface area contributed by atoms with Crippen LogP contribution in [0.5, 0.6) is 0 Å². The first-order chi connectivity index (χ1) is 11.8. The van der Waals surface area contributed by atoms with Gasteiger partial charge in [0, 0.05) is 26.2 Å². The SMILES string of the molecule is CC(C)N(C)S(=O)(=O)c1ccc(Cl)c(C(=O)NCC(C)(C)CN(C)C)c1. The molecule has 0 saturated carbocycles. The number of rotatable bonds is 8. The molecular weight excluding hydrogens is 374 g/mol. The van der Waals surface area contributed by atoms with Crippen LogP contribution in [0.25, 0.3) is 0 Å². The van der Waals surface area contributed by atoms with Gasteiger partial charge in [0.15, 0.2) is 0 Å². The van der Waals surface area contributed by atoms with Gasteiger partial charge >= 0.3 is 0 Å². The van der Waals surface area contributed by atoms with Gasteiger partial charge in [0.2, 0.25) is 10.0 Å². The molecule has 0 heterocycles. The number of carbonyl (C=O) groups excluding carboxylic acids is 1. The molecule has 0 radical (unpaired) electrons. The first kappa shape index (κ1) is 22.9. The molecule has 0 spiro atoms. The minimum absolute atomic E-state index is 0.0517. The highest BCUT2D eigenvalue weighted by Gasteiger charge is 2.26. The van der Waals surface area contributed by atoms with Gasteiger partial charge in [0.25, 0.3) is 5.91 Å². The summed E-state index contributed by atoms with van der Waals surface area (Å²) < 4.78 is 26.5. The van der Waals surface area contributed by atoms with E-state index in [1.807, 2.05) is 32.8 Å². The van der Waals surface area contributed by atoms with Crippen LogP contribution in [0.4, 0.5) is 0 Å². The highest BCUT2D eigenvalue weighted by atomic mass is 35.5. The Morgan fingerprint density at radius 2 is 1.81 bits per heavy atom. The summed E-state index contributed by atoms with van der Waals surface area (Å²) in [6.07, 6.45) is 0. The van der Waals surface area contributed by atoms with Crippen LogP contribution < -0.4 is 5.32 Å². The normalized spacial score (nSPS) is 12.9. The molecule has 0 atom stereocenters. The second-order valence-electron chi connectivity index (χ2n) is 7.84. The molecule has 0 fully saturated rings. The van der Waals surface area contributed by atoms with Crippen molar-refractivity contribution in [2.24, 2.45) is 5.41 Å². The third-order valence-electron chi connectivity index (χ3n) is 4.06. The average molecular weight is 404 g/mol. The molecule has 0 bridgehead atoms. The minimum Gasteiger partial charge on any atom is -0.351 e. The van der Waals surface area contributed by atoms with Crippen molar-refractivity contribution in [1.29, 1.82) is 0 Å². The second kappa shape index (κ2) is 8.69. The van der Waals surface area contributed by atoms with Crippen molar-refractivity contribution < 1.29 is 13.2 Å². The van der Waals surface area contributed by atoms with E-state index in [1.165, 1.54) is 29.6 Å². The molecule has 1 aromatic rings. The van der Waals surface area contributed by atoms with E-state index < -0.39 is 10.0 Å². The van der Waals surface area contributed by atoms with E-state index >= 15 is 0 Å². The van der Waals surface area contributed by atoms with Crippen LogP contribution in [0.3, 0.4) is 0 Å². The number of hydrogen-bond donors (Lipinski definition) is 1. The molecule has 6 nitrogen and oxygen atoms in total. The highest BCUT2D eigenvalue weighted by molar-refractivity contribution is 7.89. The maximum atomic E-state index is 12.6. The highest BCUT2D eigenvalue weighted by Crippen LogP contribution is 2.24. The van der Waals surface area contributed by atoms with Gasteiger partial charge < -0.3 is 10.2 Å². The maximum Gasteiger partial charge on any atom is 0.252 e. The summed E-state index contributed by atoms with van der Waals surface area (Å²) in [7, 11) is 1.77. The van der Waals surface area contributed by atoms with E-state index in [1.54, 1.807) is 13.8 Å². The first-order valence-corrected chi connectivity index (χ1v) is 10.3. The fraction of sp³-hybridized carbons (Fsp3) is 0.611. The van der Waals surface area contributed by atoms with Crippen molar-refractivity contribution in [2.75, 3.05) is 34.2 Å². The lowest BCUT2D eigenvalue weighted by Crippen LogP contribution is -2.40. The molecular formula is C18H30ClN3O3S. The molecule has 0 unspecified atom stereocenters. The van der Waals surface area contributed by atoms with Gasteiger partial charge in [-0.05, 0) is 51.6 Å². The third kappa shape index (κ3) is 5.94. The van der Waals surface area contributed by atoms with E-state index in [-0.39, 0.29) is 32.8 Å². The molecule has 1 amide bonds. The molecule has 1 N–H and O–H groups in total. The maximum absolute atomic E-state index is 12.6. The Morgan fingerprint density at radius 3 is 2.31 bits per heavy atom. The largest absolute Gasteiger partial charge is 0.351 e. The molecule has 8 heteroatoms. The van der Waals surface area contributed by atoms with Crippen LogP contribution >= 0.6 is 11.6 Å². The number of halogens is 1. The van der Waals surface area contributed by atoms with Crippen molar-refractivity contribution in [1.82, 2.24) is 14.5 Å². The van der Waals surface area contributed by atoms with Crippen molar-refractivity contribution in [3.63, 3.8) is 0 Å². The monoisotopic (exact) mass is 403 g/mol. The molecule has 1 aromatic carbocycles. The number of hydrogen-bond acceptors (Lipinski definition) is 4. The van der Waals surface area contributed by atoms with Crippen LogP contribution in [0, 0.1) is 5.41 Å². The summed E-state index contributed by atoms with van der Waals surface area (Å²) in [4.78, 5) is 14.7. The fourth-order valence-electron chi connectivity index (χ4n) is 2.61. The van der Waals surface area contributed by atoms with Gasteiger partial charge in [-0.25, -0.2) is 8.42 Å². The Hall–Kier alpha value is -1.15. The number of sulfonamides is 1. The van der Waals surface area contributed by atoms with Gasteiger partial charge in [-0.15, -0.1) is 0 Å². The molecule has 148 valence electrons. The Kier molecular flexibility index (Phi) is 7.65. The Bertz CT molecular complexity index is 746. The smallest absolute Gasteiger partial charge is 0.252 e. The molecule has 0 aliphatic heterocycles. The Labute approximate surface area is 162 Å². The van der Waals surface area contributed by atoms with Crippen LogP contribution in [-0.2, 0) is 10.0 Å². The van der Waals surface area contributed by atoms with Gasteiger partial charge in [0.1, 0.15) is 0 Å². The topological polar surface area (TPSA) is 69.7 Å². The summed E-state index contributed by atoms with van der Waals surface area (Å²) in [5.41, 5.74) is 0.0262. The third-order valence-corrected chi connectivity index (χ3v) is 6.42. The van der Waals surface area contributed by atoms with Gasteiger partial charge in [-0.3, -0.25) is 4.79 Å². The second-order valence-corrected chi connectivity index (χ2v) is 10.2. The summed E-state index contributed by atoms with van der Waals surface area (Å²) in [6, 6.07) is 4.01. The fourth-order valence-corrected chi connectivity index (χ4v) is 4.21. The summed E-state index contributed by atoms with van der Waals surface area (Å²) in [5.74, 6) is -0.383. The number of nitrogens with zero attached hydrogens (tertiary/aromatic N) is 2. The molecule has 26 heavy (non-hydrogen) atoms. The molecule has 0 aliphatic rings. The first-order valence-electron chi connectivity index (χ1n) is 8.48. The molecule has 0 saturated heterocycles. The molecule has 0 aromatic heterocycles. The standard InChI is InChI=1S/C18H30ClN3O3S/c1-13(2)22(7)26(24,25)14-8-9-16(19)15(10-14)17(23)20-11-18(3,4)12-21(5)6/h8-10,13H,11-12H2,1-7H3,(H,20,23). The number of benzene rings is 1. The summed E-state index contributed by atoms with van der Waals surface area (Å²) in [5, 5.41) is 3.08. The minimum atomic E-state index is -3.68. The summed E-state index contributed by atoms with van der Waals surface area (Å²) in [6.45, 7) is 8.92. The quantitative estimate of drug-likeness (QED) is 0.724. The zero-order valence-electron chi connectivity index (χ0n) is 16.6. The predicted octanol–water partition coefficient (Wildman–Crippen LogP) is 2.69. The number of nitrogens with one attached hydrogen (secondary N) is 1. The number of carbonyl (C=O) groups is 1. The molecule has 0 aliphatic carbocycles. The van der Waals surface area contributed by atoms with E-state index in [2.05, 4.69) is 5.32 Å².